The first kappa shape index (κ1) is 12.2. The minimum atomic E-state index is -0.616. The molecule has 0 aliphatic heterocycles. The number of nitrogens with one attached hydrogen (secondary N) is 1. The van der Waals surface area contributed by atoms with Gasteiger partial charge in [0.2, 0.25) is 0 Å². The Kier molecular flexibility index (Phi) is 4.26. The average molecular weight is 228 g/mol. The zero-order valence-electron chi connectivity index (χ0n) is 8.86. The molecule has 1 heterocycles. The molecular weight excluding hydrogens is 212 g/mol. The van der Waals surface area contributed by atoms with Crippen molar-refractivity contribution in [1.29, 1.82) is 0 Å². The van der Waals surface area contributed by atoms with Crippen LogP contribution in [0.2, 0.25) is 0 Å². The fourth-order valence-electron chi connectivity index (χ4n) is 1.07. The highest BCUT2D eigenvalue weighted by molar-refractivity contribution is 7.12. The fraction of sp³-hybridized carbons (Fsp3) is 0.500. The monoisotopic (exact) mass is 228 g/mol. The van der Waals surface area contributed by atoms with Gasteiger partial charge in [0.15, 0.2) is 0 Å². The van der Waals surface area contributed by atoms with Crippen LogP contribution in [-0.4, -0.2) is 29.7 Å². The molecule has 1 aromatic rings. The smallest absolute Gasteiger partial charge is 0.261 e. The Bertz CT molecular complexity index is 336. The maximum atomic E-state index is 11.6. The molecule has 0 aliphatic rings. The van der Waals surface area contributed by atoms with Gasteiger partial charge in [0.25, 0.3) is 5.91 Å². The first-order valence-electron chi connectivity index (χ1n) is 4.78. The van der Waals surface area contributed by atoms with E-state index in [1.54, 1.807) is 6.92 Å². The summed E-state index contributed by atoms with van der Waals surface area (Å²) in [4.78, 5) is 12.3. The molecule has 4 N–H and O–H groups in total. The lowest BCUT2D eigenvalue weighted by Gasteiger charge is -2.14. The van der Waals surface area contributed by atoms with E-state index in [0.717, 1.165) is 5.56 Å². The van der Waals surface area contributed by atoms with Crippen LogP contribution in [0.3, 0.4) is 0 Å². The molecular formula is C10H16N2O2S. The van der Waals surface area contributed by atoms with Crippen LogP contribution >= 0.6 is 11.3 Å². The summed E-state index contributed by atoms with van der Waals surface area (Å²) in [5.41, 5.74) is 6.56. The van der Waals surface area contributed by atoms with Gasteiger partial charge in [-0.15, -0.1) is 11.3 Å². The number of amides is 1. The highest BCUT2D eigenvalue weighted by atomic mass is 32.1. The molecule has 2 unspecified atom stereocenters. The Morgan fingerprint density at radius 1 is 1.73 bits per heavy atom. The maximum Gasteiger partial charge on any atom is 0.261 e. The van der Waals surface area contributed by atoms with Crippen molar-refractivity contribution in [3.63, 3.8) is 0 Å². The summed E-state index contributed by atoms with van der Waals surface area (Å²) in [7, 11) is 0. The molecule has 0 spiro atoms. The fourth-order valence-corrected chi connectivity index (χ4v) is 1.91. The van der Waals surface area contributed by atoms with Crippen molar-refractivity contribution < 1.29 is 9.90 Å². The van der Waals surface area contributed by atoms with Gasteiger partial charge < -0.3 is 16.2 Å². The Balaban J connectivity index is 2.47. The summed E-state index contributed by atoms with van der Waals surface area (Å²) >= 11 is 1.40. The minimum Gasteiger partial charge on any atom is -0.392 e. The van der Waals surface area contributed by atoms with Gasteiger partial charge in [0.05, 0.1) is 11.0 Å². The molecule has 0 saturated heterocycles. The van der Waals surface area contributed by atoms with Gasteiger partial charge in [-0.3, -0.25) is 4.79 Å². The predicted octanol–water partition coefficient (Wildman–Crippen LogP) is 0.494. The molecule has 0 saturated carbocycles. The van der Waals surface area contributed by atoms with Gasteiger partial charge in [-0.05, 0) is 30.9 Å². The standard InChI is InChI=1S/C10H16N2O2S/c1-6-3-4-15-9(6)10(14)12-5-8(11)7(2)13/h3-4,7-8,13H,5,11H2,1-2H3,(H,12,14). The van der Waals surface area contributed by atoms with Crippen LogP contribution < -0.4 is 11.1 Å². The van der Waals surface area contributed by atoms with Gasteiger partial charge in [-0.1, -0.05) is 0 Å². The van der Waals surface area contributed by atoms with Crippen molar-refractivity contribution in [3.8, 4) is 0 Å². The van der Waals surface area contributed by atoms with E-state index in [-0.39, 0.29) is 12.5 Å². The first-order valence-corrected chi connectivity index (χ1v) is 5.66. The molecule has 4 nitrogen and oxygen atoms in total. The molecule has 1 amide bonds. The lowest BCUT2D eigenvalue weighted by Crippen LogP contribution is -2.43. The number of rotatable bonds is 4. The van der Waals surface area contributed by atoms with Crippen LogP contribution in [0.4, 0.5) is 0 Å². The molecule has 5 heteroatoms. The van der Waals surface area contributed by atoms with E-state index >= 15 is 0 Å². The van der Waals surface area contributed by atoms with E-state index in [1.807, 2.05) is 18.4 Å². The predicted molar refractivity (Wildman–Crippen MR) is 61.0 cm³/mol. The first-order chi connectivity index (χ1) is 7.02. The Morgan fingerprint density at radius 3 is 2.87 bits per heavy atom. The molecule has 0 bridgehead atoms. The van der Waals surface area contributed by atoms with Crippen molar-refractivity contribution in [1.82, 2.24) is 5.32 Å². The van der Waals surface area contributed by atoms with Gasteiger partial charge in [0.1, 0.15) is 0 Å². The maximum absolute atomic E-state index is 11.6. The number of aliphatic hydroxyl groups is 1. The van der Waals surface area contributed by atoms with E-state index in [1.165, 1.54) is 11.3 Å². The third-order valence-corrected chi connectivity index (χ3v) is 3.20. The molecule has 0 aliphatic carbocycles. The van der Waals surface area contributed by atoms with E-state index in [2.05, 4.69) is 5.32 Å². The van der Waals surface area contributed by atoms with Crippen LogP contribution in [0, 0.1) is 6.92 Å². The Morgan fingerprint density at radius 2 is 2.40 bits per heavy atom. The van der Waals surface area contributed by atoms with Crippen molar-refractivity contribution in [2.45, 2.75) is 26.0 Å². The normalized spacial score (nSPS) is 14.7. The number of aryl methyl sites for hydroxylation is 1. The summed E-state index contributed by atoms with van der Waals surface area (Å²) in [6.45, 7) is 3.78. The van der Waals surface area contributed by atoms with Crippen molar-refractivity contribution >= 4 is 17.2 Å². The van der Waals surface area contributed by atoms with E-state index in [4.69, 9.17) is 10.8 Å². The van der Waals surface area contributed by atoms with Crippen molar-refractivity contribution in [2.75, 3.05) is 6.54 Å². The molecule has 0 radical (unpaired) electrons. The summed E-state index contributed by atoms with van der Waals surface area (Å²) in [6, 6.07) is 1.47. The molecule has 2 atom stereocenters. The van der Waals surface area contributed by atoms with Gasteiger partial charge in [0, 0.05) is 12.6 Å². The molecule has 1 aromatic heterocycles. The largest absolute Gasteiger partial charge is 0.392 e. The molecule has 84 valence electrons. The number of hydrogen-bond donors (Lipinski definition) is 3. The number of hydrogen-bond acceptors (Lipinski definition) is 4. The molecule has 0 fully saturated rings. The third-order valence-electron chi connectivity index (χ3n) is 2.19. The second kappa shape index (κ2) is 5.25. The zero-order chi connectivity index (χ0) is 11.4. The van der Waals surface area contributed by atoms with Crippen LogP contribution in [0.25, 0.3) is 0 Å². The highest BCUT2D eigenvalue weighted by Gasteiger charge is 2.13. The number of aliphatic hydroxyl groups excluding tert-OH is 1. The Hall–Kier alpha value is -0.910. The van der Waals surface area contributed by atoms with Gasteiger partial charge >= 0.3 is 0 Å². The number of thiophene rings is 1. The topological polar surface area (TPSA) is 75.4 Å². The second-order valence-corrected chi connectivity index (χ2v) is 4.46. The number of carbonyl (C=O) groups excluding carboxylic acids is 1. The average Bonchev–Trinajstić information content (AvgIpc) is 2.60. The van der Waals surface area contributed by atoms with Gasteiger partial charge in [-0.25, -0.2) is 0 Å². The van der Waals surface area contributed by atoms with Crippen LogP contribution in [0.1, 0.15) is 22.2 Å². The minimum absolute atomic E-state index is 0.126. The van der Waals surface area contributed by atoms with E-state index < -0.39 is 12.1 Å². The summed E-state index contributed by atoms with van der Waals surface area (Å²) in [5, 5.41) is 13.7. The van der Waals surface area contributed by atoms with E-state index in [9.17, 15) is 4.79 Å². The lowest BCUT2D eigenvalue weighted by atomic mass is 10.2. The number of nitrogens with two attached hydrogens (primary N) is 1. The number of carbonyl (C=O) groups is 1. The van der Waals surface area contributed by atoms with Crippen molar-refractivity contribution in [2.24, 2.45) is 5.73 Å². The van der Waals surface area contributed by atoms with Gasteiger partial charge in [-0.2, -0.15) is 0 Å². The molecule has 0 aromatic carbocycles. The SMILES string of the molecule is Cc1ccsc1C(=O)NCC(N)C(C)O. The third kappa shape index (κ3) is 3.30. The van der Waals surface area contributed by atoms with Crippen LogP contribution in [0.15, 0.2) is 11.4 Å². The van der Waals surface area contributed by atoms with E-state index in [0.29, 0.717) is 4.88 Å². The second-order valence-electron chi connectivity index (χ2n) is 3.55. The lowest BCUT2D eigenvalue weighted by molar-refractivity contribution is 0.0941. The molecule has 1 rings (SSSR count). The van der Waals surface area contributed by atoms with Crippen LogP contribution in [-0.2, 0) is 0 Å². The van der Waals surface area contributed by atoms with Crippen molar-refractivity contribution in [3.05, 3.63) is 21.9 Å². The summed E-state index contributed by atoms with van der Waals surface area (Å²) < 4.78 is 0. The zero-order valence-corrected chi connectivity index (χ0v) is 9.67. The van der Waals surface area contributed by atoms with Crippen LogP contribution in [0.5, 0.6) is 0 Å². The Labute approximate surface area is 93.1 Å². The quantitative estimate of drug-likeness (QED) is 0.702. The summed E-state index contributed by atoms with van der Waals surface area (Å²) in [6.07, 6.45) is -0.616. The summed E-state index contributed by atoms with van der Waals surface area (Å²) in [5.74, 6) is -0.126. The highest BCUT2D eigenvalue weighted by Crippen LogP contribution is 2.14. The molecule has 15 heavy (non-hydrogen) atoms.